The summed E-state index contributed by atoms with van der Waals surface area (Å²) in [6, 6.07) is 0. The maximum absolute atomic E-state index is 12.2. The zero-order chi connectivity index (χ0) is 17.0. The fourth-order valence-electron chi connectivity index (χ4n) is 2.60. The van der Waals surface area contributed by atoms with E-state index in [0.29, 0.717) is 6.54 Å². The predicted molar refractivity (Wildman–Crippen MR) is 86.9 cm³/mol. The second-order valence-corrected chi connectivity index (χ2v) is 8.79. The summed E-state index contributed by atoms with van der Waals surface area (Å²) < 4.78 is 17.8. The second-order valence-electron chi connectivity index (χ2n) is 8.79. The number of nitrogens with zero attached hydrogens (tertiary/aromatic N) is 1. The molecule has 2 fully saturated rings. The number of carbonyl (C=O) groups is 1. The Hall–Kier alpha value is -0.745. The van der Waals surface area contributed by atoms with E-state index >= 15 is 0 Å². The van der Waals surface area contributed by atoms with Crippen LogP contribution in [0.5, 0.6) is 0 Å². The summed E-state index contributed by atoms with van der Waals surface area (Å²) in [6.07, 6.45) is 1.73. The van der Waals surface area contributed by atoms with Gasteiger partial charge in [0.25, 0.3) is 0 Å². The third-order valence-corrected chi connectivity index (χ3v) is 4.90. The van der Waals surface area contributed by atoms with Crippen molar-refractivity contribution in [3.05, 3.63) is 0 Å². The van der Waals surface area contributed by atoms with Crippen molar-refractivity contribution < 1.29 is 18.8 Å². The van der Waals surface area contributed by atoms with Crippen LogP contribution in [-0.2, 0) is 14.0 Å². The highest BCUT2D eigenvalue weighted by Gasteiger charge is 2.64. The monoisotopic (exact) mass is 311 g/mol. The van der Waals surface area contributed by atoms with Gasteiger partial charge in [0.05, 0.1) is 11.2 Å². The summed E-state index contributed by atoms with van der Waals surface area (Å²) in [7, 11) is 1.52. The summed E-state index contributed by atoms with van der Waals surface area (Å²) in [6.45, 7) is 14.4. The van der Waals surface area contributed by atoms with Crippen LogP contribution in [-0.4, -0.2) is 48.5 Å². The summed E-state index contributed by atoms with van der Waals surface area (Å²) in [4.78, 5) is 13.8. The van der Waals surface area contributed by atoms with Gasteiger partial charge in [0.1, 0.15) is 5.60 Å². The van der Waals surface area contributed by atoms with Crippen LogP contribution >= 0.6 is 0 Å². The van der Waals surface area contributed by atoms with Gasteiger partial charge in [-0.15, -0.1) is 0 Å². The Balaban J connectivity index is 2.00. The summed E-state index contributed by atoms with van der Waals surface area (Å²) >= 11 is 0. The van der Waals surface area contributed by atoms with Gasteiger partial charge in [-0.2, -0.15) is 0 Å². The first-order chi connectivity index (χ1) is 9.78. The molecule has 0 aromatic rings. The van der Waals surface area contributed by atoms with Crippen molar-refractivity contribution in [2.45, 2.75) is 83.4 Å². The molecule has 0 N–H and O–H groups in total. The van der Waals surface area contributed by atoms with Crippen molar-refractivity contribution in [2.75, 3.05) is 13.6 Å². The first kappa shape index (κ1) is 17.6. The highest BCUT2D eigenvalue weighted by atomic mass is 16.7. The van der Waals surface area contributed by atoms with E-state index in [1.165, 1.54) is 0 Å². The quantitative estimate of drug-likeness (QED) is 0.749. The molecule has 0 atom stereocenters. The van der Waals surface area contributed by atoms with Crippen molar-refractivity contribution in [3.63, 3.8) is 0 Å². The molecule has 22 heavy (non-hydrogen) atoms. The lowest BCUT2D eigenvalue weighted by molar-refractivity contribution is 0.00578. The molecule has 1 saturated heterocycles. The maximum atomic E-state index is 12.2. The van der Waals surface area contributed by atoms with Gasteiger partial charge in [-0.05, 0) is 61.3 Å². The average molecular weight is 311 g/mol. The van der Waals surface area contributed by atoms with Gasteiger partial charge < -0.3 is 18.9 Å². The molecular formula is C16H30BNO4. The lowest BCUT2D eigenvalue weighted by atomic mass is 9.67. The molecule has 1 saturated carbocycles. The minimum absolute atomic E-state index is 0.101. The Labute approximate surface area is 134 Å². The normalized spacial score (nSPS) is 25.0. The number of carbonyl (C=O) groups excluding carboxylic acids is 1. The molecule has 1 aliphatic carbocycles. The van der Waals surface area contributed by atoms with E-state index in [4.69, 9.17) is 14.0 Å². The van der Waals surface area contributed by atoms with Crippen LogP contribution in [0, 0.1) is 0 Å². The molecule has 0 aromatic heterocycles. The molecule has 6 heteroatoms. The zero-order valence-electron chi connectivity index (χ0n) is 15.3. The SMILES string of the molecule is CN(CC1(B2OC(C)(C)C(C)(C)O2)CC1)C(=O)OC(C)(C)C. The maximum Gasteiger partial charge on any atom is 0.466 e. The second kappa shape index (κ2) is 5.13. The fraction of sp³-hybridized carbons (Fsp3) is 0.938. The standard InChI is InChI=1S/C16H30BNO4/c1-13(2,3)20-12(19)18(8)11-16(9-10-16)17-21-14(4,5)15(6,7)22-17/h9-11H2,1-8H3. The molecule has 2 rings (SSSR count). The van der Waals surface area contributed by atoms with E-state index in [1.807, 2.05) is 20.8 Å². The lowest BCUT2D eigenvalue weighted by Crippen LogP contribution is -2.41. The van der Waals surface area contributed by atoms with Crippen LogP contribution < -0.4 is 0 Å². The largest absolute Gasteiger partial charge is 0.466 e. The molecular weight excluding hydrogens is 281 g/mol. The van der Waals surface area contributed by atoms with Crippen molar-refractivity contribution in [3.8, 4) is 0 Å². The minimum Gasteiger partial charge on any atom is -0.444 e. The van der Waals surface area contributed by atoms with Crippen molar-refractivity contribution in [1.82, 2.24) is 4.90 Å². The van der Waals surface area contributed by atoms with Gasteiger partial charge in [-0.3, -0.25) is 0 Å². The minimum atomic E-state index is -0.480. The van der Waals surface area contributed by atoms with E-state index < -0.39 is 5.60 Å². The predicted octanol–water partition coefficient (Wildman–Crippen LogP) is 3.48. The van der Waals surface area contributed by atoms with Crippen LogP contribution in [0.3, 0.4) is 0 Å². The van der Waals surface area contributed by atoms with E-state index in [2.05, 4.69) is 27.7 Å². The Morgan fingerprint density at radius 2 is 1.59 bits per heavy atom. The Morgan fingerprint density at radius 3 is 1.95 bits per heavy atom. The molecule has 5 nitrogen and oxygen atoms in total. The third-order valence-electron chi connectivity index (χ3n) is 4.90. The van der Waals surface area contributed by atoms with E-state index in [0.717, 1.165) is 12.8 Å². The summed E-state index contributed by atoms with van der Waals surface area (Å²) in [5, 5.41) is -0.101. The number of ether oxygens (including phenoxy) is 1. The van der Waals surface area contributed by atoms with Crippen LogP contribution in [0.1, 0.15) is 61.3 Å². The highest BCUT2D eigenvalue weighted by molar-refractivity contribution is 6.51. The van der Waals surface area contributed by atoms with Gasteiger partial charge >= 0.3 is 13.2 Å². The molecule has 0 unspecified atom stereocenters. The van der Waals surface area contributed by atoms with Crippen molar-refractivity contribution >= 4 is 13.2 Å². The number of amides is 1. The summed E-state index contributed by atoms with van der Waals surface area (Å²) in [5.74, 6) is 0. The molecule has 126 valence electrons. The first-order valence-electron chi connectivity index (χ1n) is 8.08. The molecule has 2 aliphatic rings. The summed E-state index contributed by atoms with van der Waals surface area (Å²) in [5.41, 5.74) is -1.15. The Bertz CT molecular complexity index is 436. The van der Waals surface area contributed by atoms with E-state index in [1.54, 1.807) is 11.9 Å². The first-order valence-corrected chi connectivity index (χ1v) is 8.08. The van der Waals surface area contributed by atoms with Gasteiger partial charge in [-0.25, -0.2) is 4.79 Å². The molecule has 1 aliphatic heterocycles. The Morgan fingerprint density at radius 1 is 1.14 bits per heavy atom. The topological polar surface area (TPSA) is 48.0 Å². The molecule has 0 bridgehead atoms. The van der Waals surface area contributed by atoms with Crippen molar-refractivity contribution in [2.24, 2.45) is 0 Å². The smallest absolute Gasteiger partial charge is 0.444 e. The highest BCUT2D eigenvalue weighted by Crippen LogP contribution is 2.60. The van der Waals surface area contributed by atoms with Crippen LogP contribution in [0.15, 0.2) is 0 Å². The average Bonchev–Trinajstić information content (AvgIpc) is 3.01. The zero-order valence-corrected chi connectivity index (χ0v) is 15.3. The fourth-order valence-corrected chi connectivity index (χ4v) is 2.60. The molecule has 0 radical (unpaired) electrons. The van der Waals surface area contributed by atoms with Crippen LogP contribution in [0.25, 0.3) is 0 Å². The van der Waals surface area contributed by atoms with Gasteiger partial charge in [0.2, 0.25) is 0 Å². The third kappa shape index (κ3) is 3.43. The van der Waals surface area contributed by atoms with Crippen LogP contribution in [0.2, 0.25) is 5.31 Å². The lowest BCUT2D eigenvalue weighted by Gasteiger charge is -2.32. The molecule has 0 aromatic carbocycles. The molecule has 1 amide bonds. The molecule has 1 heterocycles. The van der Waals surface area contributed by atoms with Crippen LogP contribution in [0.4, 0.5) is 4.79 Å². The molecule has 0 spiro atoms. The van der Waals surface area contributed by atoms with Crippen molar-refractivity contribution in [1.29, 1.82) is 0 Å². The van der Waals surface area contributed by atoms with Gasteiger partial charge in [0.15, 0.2) is 0 Å². The van der Waals surface area contributed by atoms with Gasteiger partial charge in [0, 0.05) is 18.9 Å². The van der Waals surface area contributed by atoms with E-state index in [9.17, 15) is 4.79 Å². The number of hydrogen-bond donors (Lipinski definition) is 0. The number of hydrogen-bond acceptors (Lipinski definition) is 4. The number of rotatable bonds is 3. The Kier molecular flexibility index (Phi) is 4.11. The van der Waals surface area contributed by atoms with E-state index in [-0.39, 0.29) is 29.7 Å². The van der Waals surface area contributed by atoms with Gasteiger partial charge in [-0.1, -0.05) is 0 Å².